The van der Waals surface area contributed by atoms with Crippen LogP contribution < -0.4 is 0 Å². The van der Waals surface area contributed by atoms with Crippen molar-refractivity contribution in [2.45, 2.75) is 38.7 Å². The van der Waals surface area contributed by atoms with Gasteiger partial charge >= 0.3 is 6.09 Å². The highest BCUT2D eigenvalue weighted by Crippen LogP contribution is 2.24. The van der Waals surface area contributed by atoms with Gasteiger partial charge in [0.15, 0.2) is 0 Å². The molecular formula is C14H21N3O3. The number of amides is 1. The molecule has 1 fully saturated rings. The molecule has 2 rings (SSSR count). The van der Waals surface area contributed by atoms with E-state index in [1.807, 2.05) is 33.9 Å². The standard InChI is InChI=1S/C14H21N3O3/c1-14(2,3)20-13(19)17-8-6-12(18)10(9-17)11-5-7-16(4)15-11/h5,7,10H,6,8-9H2,1-4H3. The molecule has 1 aromatic heterocycles. The minimum Gasteiger partial charge on any atom is -0.444 e. The normalized spacial score (nSPS) is 20.1. The summed E-state index contributed by atoms with van der Waals surface area (Å²) in [5.41, 5.74) is 0.185. The SMILES string of the molecule is Cn1ccc(C2CN(C(=O)OC(C)(C)C)CCC2=O)n1. The van der Waals surface area contributed by atoms with Crippen LogP contribution in [-0.2, 0) is 16.6 Å². The molecule has 0 aromatic carbocycles. The van der Waals surface area contributed by atoms with Crippen LogP contribution >= 0.6 is 0 Å². The van der Waals surface area contributed by atoms with E-state index < -0.39 is 5.60 Å². The molecule has 0 radical (unpaired) electrons. The first-order valence-electron chi connectivity index (χ1n) is 6.76. The maximum atomic E-state index is 12.1. The summed E-state index contributed by atoms with van der Waals surface area (Å²) in [5, 5.41) is 4.27. The fraction of sp³-hybridized carbons (Fsp3) is 0.643. The number of hydrogen-bond acceptors (Lipinski definition) is 4. The lowest BCUT2D eigenvalue weighted by atomic mass is 9.94. The van der Waals surface area contributed by atoms with E-state index in [-0.39, 0.29) is 17.8 Å². The predicted octanol–water partition coefficient (Wildman–Crippen LogP) is 1.71. The molecule has 1 atom stereocenters. The van der Waals surface area contributed by atoms with Crippen molar-refractivity contribution in [3.8, 4) is 0 Å². The number of piperidine rings is 1. The summed E-state index contributed by atoms with van der Waals surface area (Å²) in [7, 11) is 1.81. The Labute approximate surface area is 118 Å². The Hall–Kier alpha value is -1.85. The van der Waals surface area contributed by atoms with Crippen LogP contribution in [0.25, 0.3) is 0 Å². The van der Waals surface area contributed by atoms with Crippen molar-refractivity contribution in [2.75, 3.05) is 13.1 Å². The summed E-state index contributed by atoms with van der Waals surface area (Å²) in [4.78, 5) is 25.7. The zero-order valence-electron chi connectivity index (χ0n) is 12.4. The van der Waals surface area contributed by atoms with E-state index in [2.05, 4.69) is 5.10 Å². The second-order valence-electron chi connectivity index (χ2n) is 6.11. The van der Waals surface area contributed by atoms with Gasteiger partial charge < -0.3 is 9.64 Å². The van der Waals surface area contributed by atoms with Crippen LogP contribution in [0.3, 0.4) is 0 Å². The van der Waals surface area contributed by atoms with Crippen molar-refractivity contribution >= 4 is 11.9 Å². The molecule has 6 nitrogen and oxygen atoms in total. The Morgan fingerprint density at radius 3 is 2.70 bits per heavy atom. The van der Waals surface area contributed by atoms with Gasteiger partial charge in [0.05, 0.1) is 11.6 Å². The van der Waals surface area contributed by atoms with E-state index in [1.54, 1.807) is 15.8 Å². The first-order chi connectivity index (χ1) is 9.26. The topological polar surface area (TPSA) is 64.4 Å². The summed E-state index contributed by atoms with van der Waals surface area (Å²) in [6, 6.07) is 1.82. The minimum atomic E-state index is -0.529. The molecule has 6 heteroatoms. The number of nitrogens with zero attached hydrogens (tertiary/aromatic N) is 3. The maximum Gasteiger partial charge on any atom is 0.410 e. The van der Waals surface area contributed by atoms with Gasteiger partial charge in [0.2, 0.25) is 0 Å². The Kier molecular flexibility index (Phi) is 3.83. The number of carbonyl (C=O) groups excluding carboxylic acids is 2. The second kappa shape index (κ2) is 5.26. The second-order valence-corrected chi connectivity index (χ2v) is 6.11. The third-order valence-corrected chi connectivity index (χ3v) is 3.16. The van der Waals surface area contributed by atoms with Crippen molar-refractivity contribution in [1.29, 1.82) is 0 Å². The molecular weight excluding hydrogens is 258 g/mol. The number of rotatable bonds is 1. The molecule has 2 heterocycles. The van der Waals surface area contributed by atoms with Gasteiger partial charge in [-0.1, -0.05) is 0 Å². The monoisotopic (exact) mass is 279 g/mol. The summed E-state index contributed by atoms with van der Waals surface area (Å²) >= 11 is 0. The van der Waals surface area contributed by atoms with Gasteiger partial charge in [0, 0.05) is 32.8 Å². The average molecular weight is 279 g/mol. The van der Waals surface area contributed by atoms with Gasteiger partial charge in [0.25, 0.3) is 0 Å². The van der Waals surface area contributed by atoms with Gasteiger partial charge in [-0.15, -0.1) is 0 Å². The van der Waals surface area contributed by atoms with Gasteiger partial charge in [-0.25, -0.2) is 4.79 Å². The van der Waals surface area contributed by atoms with Gasteiger partial charge in [-0.05, 0) is 26.8 Å². The molecule has 0 bridgehead atoms. The number of likely N-dealkylation sites (tertiary alicyclic amines) is 1. The number of aryl methyl sites for hydroxylation is 1. The van der Waals surface area contributed by atoms with Crippen LogP contribution in [0.1, 0.15) is 38.8 Å². The lowest BCUT2D eigenvalue weighted by molar-refractivity contribution is -0.123. The van der Waals surface area contributed by atoms with Crippen molar-refractivity contribution in [2.24, 2.45) is 7.05 Å². The molecule has 110 valence electrons. The lowest BCUT2D eigenvalue weighted by Crippen LogP contribution is -2.45. The van der Waals surface area contributed by atoms with E-state index in [1.165, 1.54) is 0 Å². The Balaban J connectivity index is 2.08. The molecule has 0 spiro atoms. The average Bonchev–Trinajstić information content (AvgIpc) is 2.74. The number of aromatic nitrogens is 2. The first-order valence-corrected chi connectivity index (χ1v) is 6.76. The highest BCUT2D eigenvalue weighted by Gasteiger charge is 2.34. The van der Waals surface area contributed by atoms with E-state index in [0.29, 0.717) is 25.2 Å². The van der Waals surface area contributed by atoms with E-state index in [4.69, 9.17) is 4.74 Å². The van der Waals surface area contributed by atoms with Gasteiger partial charge in [0.1, 0.15) is 11.4 Å². The van der Waals surface area contributed by atoms with E-state index in [0.717, 1.165) is 0 Å². The number of Topliss-reactive ketones (excluding diaryl/α,β-unsaturated/α-hetero) is 1. The fourth-order valence-corrected chi connectivity index (χ4v) is 2.20. The molecule has 0 aliphatic carbocycles. The summed E-state index contributed by atoms with van der Waals surface area (Å²) in [5.74, 6) is -0.221. The fourth-order valence-electron chi connectivity index (χ4n) is 2.20. The minimum absolute atomic E-state index is 0.128. The molecule has 1 saturated heterocycles. The van der Waals surface area contributed by atoms with Crippen LogP contribution in [0, 0.1) is 0 Å². The van der Waals surface area contributed by atoms with Crippen molar-refractivity contribution < 1.29 is 14.3 Å². The van der Waals surface area contributed by atoms with Gasteiger partial charge in [-0.2, -0.15) is 5.10 Å². The van der Waals surface area contributed by atoms with E-state index in [9.17, 15) is 9.59 Å². The smallest absolute Gasteiger partial charge is 0.410 e. The van der Waals surface area contributed by atoms with Crippen LogP contribution in [0.15, 0.2) is 12.3 Å². The summed E-state index contributed by atoms with van der Waals surface area (Å²) in [6.07, 6.45) is 1.78. The number of ether oxygens (including phenoxy) is 1. The summed E-state index contributed by atoms with van der Waals surface area (Å²) in [6.45, 7) is 6.24. The Morgan fingerprint density at radius 1 is 1.45 bits per heavy atom. The quantitative estimate of drug-likeness (QED) is 0.785. The molecule has 1 unspecified atom stereocenters. The van der Waals surface area contributed by atoms with Gasteiger partial charge in [-0.3, -0.25) is 9.48 Å². The first kappa shape index (κ1) is 14.6. The number of carbonyl (C=O) groups is 2. The zero-order valence-corrected chi connectivity index (χ0v) is 12.4. The molecule has 20 heavy (non-hydrogen) atoms. The lowest BCUT2D eigenvalue weighted by Gasteiger charge is -2.32. The molecule has 1 amide bonds. The van der Waals surface area contributed by atoms with Crippen molar-refractivity contribution in [3.63, 3.8) is 0 Å². The Bertz CT molecular complexity index is 516. The number of hydrogen-bond donors (Lipinski definition) is 0. The van der Waals surface area contributed by atoms with Crippen LogP contribution in [0.2, 0.25) is 0 Å². The van der Waals surface area contributed by atoms with Crippen LogP contribution in [0.5, 0.6) is 0 Å². The third-order valence-electron chi connectivity index (χ3n) is 3.16. The van der Waals surface area contributed by atoms with Crippen molar-refractivity contribution in [3.05, 3.63) is 18.0 Å². The molecule has 1 aliphatic heterocycles. The van der Waals surface area contributed by atoms with Crippen molar-refractivity contribution in [1.82, 2.24) is 14.7 Å². The molecule has 0 saturated carbocycles. The molecule has 1 aromatic rings. The third kappa shape index (κ3) is 3.37. The predicted molar refractivity (Wildman–Crippen MR) is 73.4 cm³/mol. The highest BCUT2D eigenvalue weighted by atomic mass is 16.6. The van der Waals surface area contributed by atoms with Crippen LogP contribution in [0.4, 0.5) is 4.79 Å². The summed E-state index contributed by atoms with van der Waals surface area (Å²) < 4.78 is 7.01. The molecule has 1 aliphatic rings. The number of ketones is 1. The van der Waals surface area contributed by atoms with Crippen LogP contribution in [-0.4, -0.2) is 45.2 Å². The highest BCUT2D eigenvalue weighted by molar-refractivity contribution is 5.87. The zero-order chi connectivity index (χ0) is 14.9. The Morgan fingerprint density at radius 2 is 2.15 bits per heavy atom. The van der Waals surface area contributed by atoms with E-state index >= 15 is 0 Å². The largest absolute Gasteiger partial charge is 0.444 e. The maximum absolute atomic E-state index is 12.1. The molecule has 0 N–H and O–H groups in total.